The summed E-state index contributed by atoms with van der Waals surface area (Å²) in [4.78, 5) is 2.28. The standard InChI is InChI=1S/C14H17FN2/c1-14(2)7-4-8-17(14)10-12-6-3-5-11(9-16)13(12)15/h3,5-6H,4,7-8,10H2,1-2H3. The summed E-state index contributed by atoms with van der Waals surface area (Å²) in [7, 11) is 0. The van der Waals surface area contributed by atoms with Crippen molar-refractivity contribution in [1.82, 2.24) is 4.90 Å². The van der Waals surface area contributed by atoms with E-state index >= 15 is 0 Å². The Kier molecular flexibility index (Phi) is 3.17. The third-order valence-corrected chi connectivity index (χ3v) is 3.63. The van der Waals surface area contributed by atoms with Crippen molar-refractivity contribution in [3.8, 4) is 6.07 Å². The molecular weight excluding hydrogens is 215 g/mol. The quantitative estimate of drug-likeness (QED) is 0.783. The molecule has 0 amide bonds. The van der Waals surface area contributed by atoms with Crippen LogP contribution in [0.25, 0.3) is 0 Å². The molecule has 1 fully saturated rings. The fourth-order valence-corrected chi connectivity index (χ4v) is 2.45. The Hall–Kier alpha value is -1.40. The first-order valence-electron chi connectivity index (χ1n) is 5.97. The Balaban J connectivity index is 2.23. The minimum atomic E-state index is -0.363. The maximum atomic E-state index is 13.9. The summed E-state index contributed by atoms with van der Waals surface area (Å²) in [6.45, 7) is 5.97. The summed E-state index contributed by atoms with van der Waals surface area (Å²) < 4.78 is 13.9. The maximum Gasteiger partial charge on any atom is 0.145 e. The van der Waals surface area contributed by atoms with Gasteiger partial charge in [0, 0.05) is 17.6 Å². The molecule has 0 aliphatic carbocycles. The molecule has 2 rings (SSSR count). The number of nitrogens with zero attached hydrogens (tertiary/aromatic N) is 2. The van der Waals surface area contributed by atoms with Gasteiger partial charge in [-0.15, -0.1) is 0 Å². The Morgan fingerprint density at radius 3 is 2.82 bits per heavy atom. The zero-order valence-corrected chi connectivity index (χ0v) is 10.3. The van der Waals surface area contributed by atoms with Gasteiger partial charge in [0.25, 0.3) is 0 Å². The summed E-state index contributed by atoms with van der Waals surface area (Å²) >= 11 is 0. The van der Waals surface area contributed by atoms with Gasteiger partial charge in [0.1, 0.15) is 11.9 Å². The molecule has 0 saturated carbocycles. The van der Waals surface area contributed by atoms with Crippen molar-refractivity contribution >= 4 is 0 Å². The molecule has 0 N–H and O–H groups in total. The van der Waals surface area contributed by atoms with E-state index in [4.69, 9.17) is 5.26 Å². The number of nitriles is 1. The van der Waals surface area contributed by atoms with Crippen LogP contribution in [0.4, 0.5) is 4.39 Å². The number of likely N-dealkylation sites (tertiary alicyclic amines) is 1. The van der Waals surface area contributed by atoms with E-state index in [0.29, 0.717) is 12.1 Å². The van der Waals surface area contributed by atoms with Crippen molar-refractivity contribution in [2.75, 3.05) is 6.54 Å². The van der Waals surface area contributed by atoms with Crippen LogP contribution in [0.5, 0.6) is 0 Å². The first-order valence-corrected chi connectivity index (χ1v) is 5.97. The average Bonchev–Trinajstić information content (AvgIpc) is 2.61. The summed E-state index contributed by atoms with van der Waals surface area (Å²) in [5, 5.41) is 8.80. The summed E-state index contributed by atoms with van der Waals surface area (Å²) in [6.07, 6.45) is 2.30. The highest BCUT2D eigenvalue weighted by Crippen LogP contribution is 2.30. The monoisotopic (exact) mass is 232 g/mol. The number of hydrogen-bond acceptors (Lipinski definition) is 2. The minimum Gasteiger partial charge on any atom is -0.294 e. The highest BCUT2D eigenvalue weighted by molar-refractivity contribution is 5.35. The van der Waals surface area contributed by atoms with E-state index in [1.165, 1.54) is 6.07 Å². The molecule has 1 heterocycles. The van der Waals surface area contributed by atoms with Crippen LogP contribution in [0.2, 0.25) is 0 Å². The van der Waals surface area contributed by atoms with E-state index in [0.717, 1.165) is 19.4 Å². The molecule has 1 aliphatic rings. The molecule has 1 aliphatic heterocycles. The fourth-order valence-electron chi connectivity index (χ4n) is 2.45. The van der Waals surface area contributed by atoms with E-state index in [9.17, 15) is 4.39 Å². The van der Waals surface area contributed by atoms with Crippen LogP contribution in [-0.4, -0.2) is 17.0 Å². The topological polar surface area (TPSA) is 27.0 Å². The molecule has 0 atom stereocenters. The Labute approximate surface area is 102 Å². The Bertz CT molecular complexity index is 460. The van der Waals surface area contributed by atoms with Gasteiger partial charge >= 0.3 is 0 Å². The van der Waals surface area contributed by atoms with Gasteiger partial charge in [0.15, 0.2) is 0 Å². The van der Waals surface area contributed by atoms with Crippen molar-refractivity contribution < 1.29 is 4.39 Å². The van der Waals surface area contributed by atoms with Crippen molar-refractivity contribution in [1.29, 1.82) is 5.26 Å². The molecule has 1 aromatic rings. The van der Waals surface area contributed by atoms with E-state index in [-0.39, 0.29) is 16.9 Å². The lowest BCUT2D eigenvalue weighted by Crippen LogP contribution is -2.37. The molecule has 2 nitrogen and oxygen atoms in total. The molecule has 0 bridgehead atoms. The van der Waals surface area contributed by atoms with Crippen molar-refractivity contribution in [3.63, 3.8) is 0 Å². The largest absolute Gasteiger partial charge is 0.294 e. The van der Waals surface area contributed by atoms with Crippen molar-refractivity contribution in [2.45, 2.75) is 38.8 Å². The van der Waals surface area contributed by atoms with Crippen LogP contribution in [0, 0.1) is 17.1 Å². The highest BCUT2D eigenvalue weighted by atomic mass is 19.1. The van der Waals surface area contributed by atoms with Gasteiger partial charge in [0.05, 0.1) is 5.56 Å². The van der Waals surface area contributed by atoms with Gasteiger partial charge in [-0.2, -0.15) is 5.26 Å². The van der Waals surface area contributed by atoms with Gasteiger partial charge in [-0.3, -0.25) is 4.90 Å². The second-order valence-electron chi connectivity index (χ2n) is 5.23. The molecule has 0 spiro atoms. The molecule has 0 radical (unpaired) electrons. The van der Waals surface area contributed by atoms with Crippen LogP contribution in [0.1, 0.15) is 37.8 Å². The van der Waals surface area contributed by atoms with Gasteiger partial charge in [0.2, 0.25) is 0 Å². The molecule has 3 heteroatoms. The predicted molar refractivity (Wildman–Crippen MR) is 64.8 cm³/mol. The fraction of sp³-hybridized carbons (Fsp3) is 0.500. The summed E-state index contributed by atoms with van der Waals surface area (Å²) in [5.74, 6) is -0.363. The molecule has 17 heavy (non-hydrogen) atoms. The van der Waals surface area contributed by atoms with Gasteiger partial charge in [-0.1, -0.05) is 12.1 Å². The number of hydrogen-bond donors (Lipinski definition) is 0. The molecular formula is C14H17FN2. The van der Waals surface area contributed by atoms with E-state index in [2.05, 4.69) is 18.7 Å². The second kappa shape index (κ2) is 4.46. The zero-order valence-electron chi connectivity index (χ0n) is 10.3. The van der Waals surface area contributed by atoms with E-state index in [1.807, 2.05) is 6.07 Å². The van der Waals surface area contributed by atoms with E-state index in [1.54, 1.807) is 12.1 Å². The molecule has 1 saturated heterocycles. The van der Waals surface area contributed by atoms with Gasteiger partial charge in [-0.05, 0) is 39.3 Å². The second-order valence-corrected chi connectivity index (χ2v) is 5.23. The van der Waals surface area contributed by atoms with Crippen molar-refractivity contribution in [2.24, 2.45) is 0 Å². The molecule has 0 aromatic heterocycles. The number of rotatable bonds is 2. The lowest BCUT2D eigenvalue weighted by atomic mass is 10.0. The number of benzene rings is 1. The van der Waals surface area contributed by atoms with Crippen molar-refractivity contribution in [3.05, 3.63) is 35.1 Å². The molecule has 1 aromatic carbocycles. The first-order chi connectivity index (χ1) is 8.04. The SMILES string of the molecule is CC1(C)CCCN1Cc1cccc(C#N)c1F. The molecule has 90 valence electrons. The van der Waals surface area contributed by atoms with Crippen LogP contribution >= 0.6 is 0 Å². The Morgan fingerprint density at radius 1 is 1.47 bits per heavy atom. The van der Waals surface area contributed by atoms with E-state index < -0.39 is 0 Å². The average molecular weight is 232 g/mol. The molecule has 0 unspecified atom stereocenters. The number of halogens is 1. The predicted octanol–water partition coefficient (Wildman–Crippen LogP) is 3.07. The van der Waals surface area contributed by atoms with Crippen LogP contribution in [-0.2, 0) is 6.54 Å². The first kappa shape index (κ1) is 12.1. The third-order valence-electron chi connectivity index (χ3n) is 3.63. The zero-order chi connectivity index (χ0) is 12.5. The highest BCUT2D eigenvalue weighted by Gasteiger charge is 2.32. The smallest absolute Gasteiger partial charge is 0.145 e. The minimum absolute atomic E-state index is 0.134. The van der Waals surface area contributed by atoms with Crippen LogP contribution in [0.15, 0.2) is 18.2 Å². The maximum absolute atomic E-state index is 13.9. The normalized spacial score (nSPS) is 19.2. The Morgan fingerprint density at radius 2 is 2.24 bits per heavy atom. The summed E-state index contributed by atoms with van der Waals surface area (Å²) in [5.41, 5.74) is 0.897. The van der Waals surface area contributed by atoms with Crippen LogP contribution in [0.3, 0.4) is 0 Å². The summed E-state index contributed by atoms with van der Waals surface area (Å²) in [6, 6.07) is 6.93. The third kappa shape index (κ3) is 2.32. The van der Waals surface area contributed by atoms with Crippen LogP contribution < -0.4 is 0 Å². The van der Waals surface area contributed by atoms with Gasteiger partial charge < -0.3 is 0 Å². The lowest BCUT2D eigenvalue weighted by molar-refractivity contribution is 0.164. The van der Waals surface area contributed by atoms with Gasteiger partial charge in [-0.25, -0.2) is 4.39 Å². The lowest BCUT2D eigenvalue weighted by Gasteiger charge is -2.31.